The second-order valence-electron chi connectivity index (χ2n) is 5.21. The second-order valence-corrected chi connectivity index (χ2v) is 5.21. The summed E-state index contributed by atoms with van der Waals surface area (Å²) in [5.74, 6) is 0.800. The Hall–Kier alpha value is -1.51. The van der Waals surface area contributed by atoms with Gasteiger partial charge in [0.25, 0.3) is 0 Å². The SMILES string of the molecule is CC(C#N)COc1ccc2c(c1C(C)C)B(O)OC2. The molecule has 0 aliphatic carbocycles. The lowest BCUT2D eigenvalue weighted by Crippen LogP contribution is -2.32. The summed E-state index contributed by atoms with van der Waals surface area (Å²) < 4.78 is 11.0. The highest BCUT2D eigenvalue weighted by atomic mass is 16.5. The normalized spacial score (nSPS) is 15.3. The molecule has 2 rings (SSSR count). The van der Waals surface area contributed by atoms with Gasteiger partial charge in [0.1, 0.15) is 12.4 Å². The Morgan fingerprint density at radius 2 is 2.21 bits per heavy atom. The highest BCUT2D eigenvalue weighted by Crippen LogP contribution is 2.29. The van der Waals surface area contributed by atoms with Crippen molar-refractivity contribution in [2.45, 2.75) is 33.3 Å². The van der Waals surface area contributed by atoms with Crippen molar-refractivity contribution in [1.82, 2.24) is 0 Å². The second kappa shape index (κ2) is 5.64. The molecule has 0 fully saturated rings. The summed E-state index contributed by atoms with van der Waals surface area (Å²) in [5, 5.41) is 18.7. The molecule has 19 heavy (non-hydrogen) atoms. The van der Waals surface area contributed by atoms with Gasteiger partial charge in [0.05, 0.1) is 18.6 Å². The van der Waals surface area contributed by atoms with Gasteiger partial charge in [-0.15, -0.1) is 0 Å². The maximum Gasteiger partial charge on any atom is 0.492 e. The van der Waals surface area contributed by atoms with Crippen molar-refractivity contribution in [3.63, 3.8) is 0 Å². The van der Waals surface area contributed by atoms with Crippen molar-refractivity contribution in [2.24, 2.45) is 5.92 Å². The first-order valence-corrected chi connectivity index (χ1v) is 6.52. The molecule has 1 unspecified atom stereocenters. The Morgan fingerprint density at radius 1 is 1.47 bits per heavy atom. The monoisotopic (exact) mass is 259 g/mol. The Bertz CT molecular complexity index is 510. The molecule has 1 heterocycles. The minimum absolute atomic E-state index is 0.158. The van der Waals surface area contributed by atoms with Crippen LogP contribution in [0.4, 0.5) is 0 Å². The van der Waals surface area contributed by atoms with Gasteiger partial charge in [-0.3, -0.25) is 0 Å². The lowest BCUT2D eigenvalue weighted by Gasteiger charge is -2.18. The number of nitriles is 1. The van der Waals surface area contributed by atoms with Crippen molar-refractivity contribution < 1.29 is 14.4 Å². The Morgan fingerprint density at radius 3 is 2.84 bits per heavy atom. The van der Waals surface area contributed by atoms with Gasteiger partial charge in [0.2, 0.25) is 0 Å². The lowest BCUT2D eigenvalue weighted by atomic mass is 9.73. The molecule has 1 N–H and O–H groups in total. The highest BCUT2D eigenvalue weighted by Gasteiger charge is 2.32. The molecule has 1 atom stereocenters. The third-order valence-electron chi connectivity index (χ3n) is 3.27. The third-order valence-corrected chi connectivity index (χ3v) is 3.27. The fraction of sp³-hybridized carbons (Fsp3) is 0.500. The summed E-state index contributed by atoms with van der Waals surface area (Å²) in [5.41, 5.74) is 2.82. The number of nitrogens with zero attached hydrogens (tertiary/aromatic N) is 1. The zero-order valence-corrected chi connectivity index (χ0v) is 11.5. The van der Waals surface area contributed by atoms with Crippen molar-refractivity contribution in [2.75, 3.05) is 6.61 Å². The number of fused-ring (bicyclic) bond motifs is 1. The molecule has 0 saturated heterocycles. The van der Waals surface area contributed by atoms with Crippen LogP contribution in [0.25, 0.3) is 0 Å². The Kier molecular flexibility index (Phi) is 4.13. The van der Waals surface area contributed by atoms with Gasteiger partial charge in [-0.05, 0) is 35.5 Å². The summed E-state index contributed by atoms with van der Waals surface area (Å²) in [6.45, 7) is 6.72. The fourth-order valence-electron chi connectivity index (χ4n) is 2.30. The number of benzene rings is 1. The van der Waals surface area contributed by atoms with Crippen LogP contribution in [0.3, 0.4) is 0 Å². The molecule has 0 amide bonds. The molecule has 5 heteroatoms. The molecule has 1 aliphatic rings. The first kappa shape index (κ1) is 13.9. The van der Waals surface area contributed by atoms with Gasteiger partial charge in [-0.2, -0.15) is 5.26 Å². The predicted molar refractivity (Wildman–Crippen MR) is 73.2 cm³/mol. The van der Waals surface area contributed by atoms with Crippen LogP contribution in [0.2, 0.25) is 0 Å². The van der Waals surface area contributed by atoms with Gasteiger partial charge < -0.3 is 14.4 Å². The van der Waals surface area contributed by atoms with Gasteiger partial charge >= 0.3 is 7.12 Å². The smallest absolute Gasteiger partial charge is 0.492 e. The van der Waals surface area contributed by atoms with Crippen LogP contribution in [0, 0.1) is 17.2 Å². The van der Waals surface area contributed by atoms with Crippen LogP contribution in [-0.2, 0) is 11.3 Å². The van der Waals surface area contributed by atoms with Gasteiger partial charge in [-0.25, -0.2) is 0 Å². The summed E-state index contributed by atoms with van der Waals surface area (Å²) >= 11 is 0. The van der Waals surface area contributed by atoms with Crippen molar-refractivity contribution in [3.05, 3.63) is 23.3 Å². The average molecular weight is 259 g/mol. The molecule has 0 bridgehead atoms. The molecule has 1 aromatic carbocycles. The molecule has 1 aromatic rings. The molecule has 4 nitrogen and oxygen atoms in total. The molecular formula is C14H18BNO3. The van der Waals surface area contributed by atoms with Crippen molar-refractivity contribution in [3.8, 4) is 11.8 Å². The van der Waals surface area contributed by atoms with Crippen LogP contribution < -0.4 is 10.2 Å². The van der Waals surface area contributed by atoms with Crippen LogP contribution in [-0.4, -0.2) is 18.7 Å². The van der Waals surface area contributed by atoms with E-state index in [0.29, 0.717) is 13.2 Å². The summed E-state index contributed by atoms with van der Waals surface area (Å²) in [6.07, 6.45) is 0. The maximum atomic E-state index is 9.93. The topological polar surface area (TPSA) is 62.5 Å². The molecule has 0 aromatic heterocycles. The van der Waals surface area contributed by atoms with E-state index in [0.717, 1.165) is 22.3 Å². The highest BCUT2D eigenvalue weighted by molar-refractivity contribution is 6.62. The van der Waals surface area contributed by atoms with E-state index < -0.39 is 7.12 Å². The van der Waals surface area contributed by atoms with E-state index in [-0.39, 0.29) is 11.8 Å². The van der Waals surface area contributed by atoms with Gasteiger partial charge in [0, 0.05) is 0 Å². The number of ether oxygens (including phenoxy) is 1. The van der Waals surface area contributed by atoms with Gasteiger partial charge in [-0.1, -0.05) is 19.9 Å². The molecule has 100 valence electrons. The van der Waals surface area contributed by atoms with E-state index in [1.165, 1.54) is 0 Å². The largest absolute Gasteiger partial charge is 0.492 e. The third kappa shape index (κ3) is 2.75. The zero-order valence-electron chi connectivity index (χ0n) is 11.5. The number of rotatable bonds is 4. The Balaban J connectivity index is 2.34. The van der Waals surface area contributed by atoms with E-state index >= 15 is 0 Å². The van der Waals surface area contributed by atoms with Crippen molar-refractivity contribution >= 4 is 12.6 Å². The minimum atomic E-state index is -0.871. The number of hydrogen-bond donors (Lipinski definition) is 1. The fourth-order valence-corrected chi connectivity index (χ4v) is 2.30. The lowest BCUT2D eigenvalue weighted by molar-refractivity contribution is 0.275. The summed E-state index contributed by atoms with van der Waals surface area (Å²) in [4.78, 5) is 0. The zero-order chi connectivity index (χ0) is 14.0. The van der Waals surface area contributed by atoms with E-state index in [1.807, 2.05) is 19.1 Å². The van der Waals surface area contributed by atoms with Crippen LogP contribution in [0.5, 0.6) is 5.75 Å². The van der Waals surface area contributed by atoms with Crippen molar-refractivity contribution in [1.29, 1.82) is 5.26 Å². The Labute approximate surface area is 114 Å². The summed E-state index contributed by atoms with van der Waals surface area (Å²) in [6, 6.07) is 5.97. The molecule has 0 spiro atoms. The van der Waals surface area contributed by atoms with Crippen LogP contribution in [0.1, 0.15) is 37.8 Å². The minimum Gasteiger partial charge on any atom is -0.492 e. The van der Waals surface area contributed by atoms with Crippen LogP contribution >= 0.6 is 0 Å². The summed E-state index contributed by atoms with van der Waals surface area (Å²) in [7, 11) is -0.871. The molecule has 1 aliphatic heterocycles. The van der Waals surface area contributed by atoms with E-state index in [2.05, 4.69) is 19.9 Å². The standard InChI is InChI=1S/C14H18BNO3/c1-9(2)13-12(18-7-10(3)6-16)5-4-11-8-19-15(17)14(11)13/h4-5,9-10,17H,7-8H2,1-3H3. The van der Waals surface area contributed by atoms with E-state index in [4.69, 9.17) is 14.7 Å². The first-order valence-electron chi connectivity index (χ1n) is 6.52. The average Bonchev–Trinajstić information content (AvgIpc) is 2.77. The van der Waals surface area contributed by atoms with Gasteiger partial charge in [0.15, 0.2) is 0 Å². The molecular weight excluding hydrogens is 241 g/mol. The van der Waals surface area contributed by atoms with E-state index in [9.17, 15) is 5.02 Å². The molecule has 0 saturated carbocycles. The van der Waals surface area contributed by atoms with Crippen LogP contribution in [0.15, 0.2) is 12.1 Å². The number of hydrogen-bond acceptors (Lipinski definition) is 4. The predicted octanol–water partition coefficient (Wildman–Crippen LogP) is 1.57. The van der Waals surface area contributed by atoms with E-state index in [1.54, 1.807) is 0 Å². The molecule has 0 radical (unpaired) electrons. The quantitative estimate of drug-likeness (QED) is 0.833. The maximum absolute atomic E-state index is 9.93. The first-order chi connectivity index (χ1) is 9.04.